The minimum atomic E-state index is 0.318. The molecule has 1 aliphatic heterocycles. The van der Waals surface area contributed by atoms with E-state index in [2.05, 4.69) is 121 Å². The average molecular weight is 529 g/mol. The Labute approximate surface area is 236 Å². The highest BCUT2D eigenvalue weighted by molar-refractivity contribution is 7.25. The Balaban J connectivity index is 1.19. The average Bonchev–Trinajstić information content (AvgIpc) is 3.47. The summed E-state index contributed by atoms with van der Waals surface area (Å²) >= 11 is 1.91. The summed E-state index contributed by atoms with van der Waals surface area (Å²) in [6.07, 6.45) is 0.947. The monoisotopic (exact) mass is 528 g/mol. The molecule has 0 bridgehead atoms. The van der Waals surface area contributed by atoms with Gasteiger partial charge in [0.15, 0.2) is 0 Å². The van der Waals surface area contributed by atoms with Crippen LogP contribution in [0.2, 0.25) is 0 Å². The largest absolute Gasteiger partial charge is 0.456 e. The van der Waals surface area contributed by atoms with E-state index in [1.165, 1.54) is 59.1 Å². The van der Waals surface area contributed by atoms with E-state index >= 15 is 0 Å². The first kappa shape index (κ1) is 22.2. The van der Waals surface area contributed by atoms with Crippen molar-refractivity contribution in [1.82, 2.24) is 0 Å². The molecule has 2 aliphatic rings. The molecule has 0 fully saturated rings. The molecule has 1 nitrogen and oxygen atoms in total. The van der Waals surface area contributed by atoms with Crippen LogP contribution in [0.5, 0.6) is 11.5 Å². The normalized spacial score (nSPS) is 14.6. The number of fused-ring (bicyclic) bond motifs is 11. The molecular formula is C38H24OS. The Kier molecular flexibility index (Phi) is 4.67. The third-order valence-electron chi connectivity index (χ3n) is 8.65. The predicted molar refractivity (Wildman–Crippen MR) is 168 cm³/mol. The van der Waals surface area contributed by atoms with Crippen LogP contribution >= 0.6 is 11.3 Å². The number of ether oxygens (including phenoxy) is 1. The van der Waals surface area contributed by atoms with E-state index < -0.39 is 0 Å². The molecule has 0 N–H and O–H groups in total. The summed E-state index contributed by atoms with van der Waals surface area (Å²) in [4.78, 5) is 0. The van der Waals surface area contributed by atoms with Crippen molar-refractivity contribution < 1.29 is 4.74 Å². The van der Waals surface area contributed by atoms with E-state index in [1.807, 2.05) is 17.4 Å². The Bertz CT molecular complexity index is 2130. The lowest BCUT2D eigenvalue weighted by Gasteiger charge is -2.16. The summed E-state index contributed by atoms with van der Waals surface area (Å²) < 4.78 is 9.23. The molecule has 0 radical (unpaired) electrons. The Morgan fingerprint density at radius 3 is 2.08 bits per heavy atom. The number of hydrogen-bond donors (Lipinski definition) is 0. The summed E-state index contributed by atoms with van der Waals surface area (Å²) in [6, 6.07) is 46.5. The molecule has 9 rings (SSSR count). The zero-order valence-electron chi connectivity index (χ0n) is 21.7. The van der Waals surface area contributed by atoms with Crippen LogP contribution in [0.4, 0.5) is 0 Å². The molecule has 6 aromatic carbocycles. The lowest BCUT2D eigenvalue weighted by molar-refractivity contribution is 0.487. The third-order valence-corrected chi connectivity index (χ3v) is 9.78. The first-order chi connectivity index (χ1) is 19.8. The first-order valence-corrected chi connectivity index (χ1v) is 14.7. The van der Waals surface area contributed by atoms with Crippen molar-refractivity contribution in [3.05, 3.63) is 144 Å². The van der Waals surface area contributed by atoms with Crippen molar-refractivity contribution in [3.63, 3.8) is 0 Å². The molecule has 0 amide bonds. The number of rotatable bonds is 2. The van der Waals surface area contributed by atoms with E-state index in [9.17, 15) is 0 Å². The van der Waals surface area contributed by atoms with Crippen molar-refractivity contribution >= 4 is 31.5 Å². The quantitative estimate of drug-likeness (QED) is 0.217. The third kappa shape index (κ3) is 3.20. The lowest BCUT2D eigenvalue weighted by Crippen LogP contribution is -2.02. The predicted octanol–water partition coefficient (Wildman–Crippen LogP) is 10.8. The summed E-state index contributed by atoms with van der Waals surface area (Å²) in [5.74, 6) is 2.14. The van der Waals surface area contributed by atoms with E-state index in [4.69, 9.17) is 4.74 Å². The van der Waals surface area contributed by atoms with Crippen LogP contribution in [-0.4, -0.2) is 0 Å². The van der Waals surface area contributed by atoms with Gasteiger partial charge in [0.1, 0.15) is 11.5 Å². The molecule has 0 spiro atoms. The molecule has 1 unspecified atom stereocenters. The van der Waals surface area contributed by atoms with Crippen LogP contribution in [0.25, 0.3) is 53.6 Å². The molecule has 1 atom stereocenters. The van der Waals surface area contributed by atoms with Gasteiger partial charge in [-0.05, 0) is 81.8 Å². The molecule has 1 aromatic heterocycles. The van der Waals surface area contributed by atoms with Crippen molar-refractivity contribution in [2.24, 2.45) is 0 Å². The maximum atomic E-state index is 6.50. The molecular weight excluding hydrogens is 504 g/mol. The number of benzene rings is 6. The number of hydrogen-bond acceptors (Lipinski definition) is 2. The van der Waals surface area contributed by atoms with E-state index in [1.54, 1.807) is 0 Å². The van der Waals surface area contributed by atoms with Gasteiger partial charge in [0.05, 0.1) is 0 Å². The Morgan fingerprint density at radius 1 is 0.475 bits per heavy atom. The van der Waals surface area contributed by atoms with Crippen LogP contribution in [0.1, 0.15) is 22.6 Å². The fourth-order valence-corrected chi connectivity index (χ4v) is 7.97. The van der Waals surface area contributed by atoms with Gasteiger partial charge in [-0.15, -0.1) is 11.3 Å². The fourth-order valence-electron chi connectivity index (χ4n) is 6.83. The fraction of sp³-hybridized carbons (Fsp3) is 0.0526. The van der Waals surface area contributed by atoms with Crippen molar-refractivity contribution in [3.8, 4) is 44.9 Å². The standard InChI is InChI=1S/C38H24OS/c1-4-12-27-24(9-1)28-13-5-7-15-35(28)39-36-18-17-23(20-33(27)36)19-30-25-10-2-3-11-26(25)31-21-34-29-14-6-8-16-37(29)40-38(34)22-32(30)31/h1-18,20-22,30H,19H2. The second-order valence-corrected chi connectivity index (χ2v) is 11.9. The molecule has 188 valence electrons. The van der Waals surface area contributed by atoms with Gasteiger partial charge >= 0.3 is 0 Å². The minimum Gasteiger partial charge on any atom is -0.456 e. The zero-order chi connectivity index (χ0) is 26.2. The molecule has 40 heavy (non-hydrogen) atoms. The van der Waals surface area contributed by atoms with Crippen molar-refractivity contribution in [2.45, 2.75) is 12.3 Å². The van der Waals surface area contributed by atoms with Gasteiger partial charge in [-0.1, -0.05) is 91.0 Å². The van der Waals surface area contributed by atoms with Gasteiger partial charge in [0.2, 0.25) is 0 Å². The topological polar surface area (TPSA) is 9.23 Å². The maximum absolute atomic E-state index is 6.50. The smallest absolute Gasteiger partial charge is 0.135 e. The van der Waals surface area contributed by atoms with Crippen LogP contribution < -0.4 is 4.74 Å². The van der Waals surface area contributed by atoms with Crippen LogP contribution in [-0.2, 0) is 6.42 Å². The van der Waals surface area contributed by atoms with Crippen LogP contribution in [0.15, 0.2) is 127 Å². The highest BCUT2D eigenvalue weighted by Gasteiger charge is 2.30. The van der Waals surface area contributed by atoms with Gasteiger partial charge in [0.25, 0.3) is 0 Å². The maximum Gasteiger partial charge on any atom is 0.135 e. The summed E-state index contributed by atoms with van der Waals surface area (Å²) in [5.41, 5.74) is 11.7. The lowest BCUT2D eigenvalue weighted by atomic mass is 9.88. The minimum absolute atomic E-state index is 0.318. The van der Waals surface area contributed by atoms with E-state index in [0.717, 1.165) is 29.0 Å². The summed E-state index contributed by atoms with van der Waals surface area (Å²) in [7, 11) is 0. The summed E-state index contributed by atoms with van der Waals surface area (Å²) in [5, 5.41) is 2.73. The molecule has 1 aliphatic carbocycles. The van der Waals surface area contributed by atoms with E-state index in [0.29, 0.717) is 5.92 Å². The van der Waals surface area contributed by atoms with Crippen LogP contribution in [0, 0.1) is 0 Å². The van der Waals surface area contributed by atoms with Crippen LogP contribution in [0.3, 0.4) is 0 Å². The Morgan fingerprint density at radius 2 is 1.18 bits per heavy atom. The van der Waals surface area contributed by atoms with Gasteiger partial charge in [-0.2, -0.15) is 0 Å². The SMILES string of the molecule is c1ccc2c(c1)Oc1ccc(CC3c4ccccc4-c4cc5c(cc43)sc3ccccc35)cc1-c1ccccc1-2. The first-order valence-electron chi connectivity index (χ1n) is 13.9. The van der Waals surface area contributed by atoms with Gasteiger partial charge in [0, 0.05) is 37.2 Å². The van der Waals surface area contributed by atoms with Crippen molar-refractivity contribution in [1.29, 1.82) is 0 Å². The molecule has 2 heterocycles. The van der Waals surface area contributed by atoms with Gasteiger partial charge < -0.3 is 4.74 Å². The number of para-hydroxylation sites is 1. The highest BCUT2D eigenvalue weighted by Crippen LogP contribution is 2.51. The molecule has 0 saturated carbocycles. The zero-order valence-corrected chi connectivity index (χ0v) is 22.5. The van der Waals surface area contributed by atoms with Gasteiger partial charge in [-0.3, -0.25) is 0 Å². The second-order valence-electron chi connectivity index (χ2n) is 10.9. The Hall–Kier alpha value is -4.66. The number of thiophene rings is 1. The second kappa shape index (κ2) is 8.42. The molecule has 7 aromatic rings. The molecule has 2 heteroatoms. The highest BCUT2D eigenvalue weighted by atomic mass is 32.1. The van der Waals surface area contributed by atoms with Gasteiger partial charge in [-0.25, -0.2) is 0 Å². The van der Waals surface area contributed by atoms with Crippen molar-refractivity contribution in [2.75, 3.05) is 0 Å². The molecule has 0 saturated heterocycles. The van der Waals surface area contributed by atoms with E-state index in [-0.39, 0.29) is 0 Å². The summed E-state index contributed by atoms with van der Waals surface area (Å²) in [6.45, 7) is 0.